The van der Waals surface area contributed by atoms with Crippen molar-refractivity contribution in [2.75, 3.05) is 38.0 Å². The highest BCUT2D eigenvalue weighted by Gasteiger charge is 2.12. The smallest absolute Gasteiger partial charge is 0.226 e. The SMILES string of the molecule is COc1ccc(OC)c(CNc2nc(NCCO)nc3c2cnn3C)c1. The van der Waals surface area contributed by atoms with E-state index in [0.717, 1.165) is 22.4 Å². The number of nitrogens with one attached hydrogen (secondary N) is 2. The van der Waals surface area contributed by atoms with Gasteiger partial charge in [-0.15, -0.1) is 0 Å². The third kappa shape index (κ3) is 3.62. The van der Waals surface area contributed by atoms with E-state index in [4.69, 9.17) is 14.6 Å². The van der Waals surface area contributed by atoms with Gasteiger partial charge < -0.3 is 25.2 Å². The van der Waals surface area contributed by atoms with E-state index >= 15 is 0 Å². The lowest BCUT2D eigenvalue weighted by Crippen LogP contribution is -2.11. The second-order valence-electron chi connectivity index (χ2n) is 5.58. The molecule has 3 aromatic rings. The van der Waals surface area contributed by atoms with Crippen molar-refractivity contribution < 1.29 is 14.6 Å². The van der Waals surface area contributed by atoms with E-state index in [1.54, 1.807) is 25.1 Å². The lowest BCUT2D eigenvalue weighted by atomic mass is 10.2. The number of ether oxygens (including phenoxy) is 2. The Morgan fingerprint density at radius 3 is 2.73 bits per heavy atom. The topological polar surface area (TPSA) is 106 Å². The van der Waals surface area contributed by atoms with Crippen LogP contribution in [0.3, 0.4) is 0 Å². The average Bonchev–Trinajstić information content (AvgIpc) is 3.05. The number of aliphatic hydroxyl groups excluding tert-OH is 1. The molecule has 2 aromatic heterocycles. The van der Waals surface area contributed by atoms with Crippen LogP contribution < -0.4 is 20.1 Å². The van der Waals surface area contributed by atoms with Crippen molar-refractivity contribution >= 4 is 22.8 Å². The van der Waals surface area contributed by atoms with E-state index in [-0.39, 0.29) is 6.61 Å². The molecule has 9 heteroatoms. The number of aliphatic hydroxyl groups is 1. The van der Waals surface area contributed by atoms with E-state index in [2.05, 4.69) is 25.7 Å². The maximum Gasteiger partial charge on any atom is 0.226 e. The van der Waals surface area contributed by atoms with Gasteiger partial charge in [0.25, 0.3) is 0 Å². The number of nitrogens with zero attached hydrogens (tertiary/aromatic N) is 4. The molecule has 0 aliphatic rings. The summed E-state index contributed by atoms with van der Waals surface area (Å²) in [5, 5.41) is 20.4. The van der Waals surface area contributed by atoms with Gasteiger partial charge in [0.1, 0.15) is 17.3 Å². The maximum absolute atomic E-state index is 9.01. The summed E-state index contributed by atoms with van der Waals surface area (Å²) in [7, 11) is 5.08. The predicted octanol–water partition coefficient (Wildman–Crippen LogP) is 1.40. The number of benzene rings is 1. The Kier molecular flexibility index (Phi) is 5.37. The standard InChI is InChI=1S/C17H22N6O3/c1-23-16-13(10-20-23)15(21-17(22-16)18-6-7-24)19-9-11-8-12(25-2)4-5-14(11)26-3/h4-5,8,10,24H,6-7,9H2,1-3H3,(H2,18,19,21,22). The Bertz CT molecular complexity index is 896. The first-order valence-electron chi connectivity index (χ1n) is 8.15. The molecule has 0 bridgehead atoms. The zero-order chi connectivity index (χ0) is 18.5. The molecule has 1 aromatic carbocycles. The fraction of sp³-hybridized carbons (Fsp3) is 0.353. The number of anilines is 2. The zero-order valence-electron chi connectivity index (χ0n) is 15.0. The molecule has 0 aliphatic carbocycles. The number of methoxy groups -OCH3 is 2. The number of hydrogen-bond donors (Lipinski definition) is 3. The molecule has 0 fully saturated rings. The van der Waals surface area contributed by atoms with Crippen molar-refractivity contribution in [1.29, 1.82) is 0 Å². The minimum Gasteiger partial charge on any atom is -0.497 e. The minimum absolute atomic E-state index is 0.00342. The second kappa shape index (κ2) is 7.87. The number of aryl methyl sites for hydroxylation is 1. The Morgan fingerprint density at radius 1 is 1.15 bits per heavy atom. The van der Waals surface area contributed by atoms with Crippen LogP contribution in [0.15, 0.2) is 24.4 Å². The first-order valence-corrected chi connectivity index (χ1v) is 8.15. The summed E-state index contributed by atoms with van der Waals surface area (Å²) >= 11 is 0. The molecular weight excluding hydrogens is 336 g/mol. The van der Waals surface area contributed by atoms with Crippen LogP contribution in [0.2, 0.25) is 0 Å². The van der Waals surface area contributed by atoms with Crippen LogP contribution >= 0.6 is 0 Å². The number of aromatic nitrogens is 4. The first-order chi connectivity index (χ1) is 12.7. The van der Waals surface area contributed by atoms with Gasteiger partial charge in [-0.3, -0.25) is 4.68 Å². The van der Waals surface area contributed by atoms with Crippen LogP contribution in [-0.2, 0) is 13.6 Å². The number of hydrogen-bond acceptors (Lipinski definition) is 8. The molecule has 0 amide bonds. The number of fused-ring (bicyclic) bond motifs is 1. The van der Waals surface area contributed by atoms with Gasteiger partial charge in [-0.25, -0.2) is 0 Å². The van der Waals surface area contributed by atoms with Crippen molar-refractivity contribution in [3.8, 4) is 11.5 Å². The van der Waals surface area contributed by atoms with E-state index in [9.17, 15) is 0 Å². The molecule has 9 nitrogen and oxygen atoms in total. The fourth-order valence-electron chi connectivity index (χ4n) is 2.60. The summed E-state index contributed by atoms with van der Waals surface area (Å²) in [5.41, 5.74) is 1.63. The predicted molar refractivity (Wildman–Crippen MR) is 98.8 cm³/mol. The molecular formula is C17H22N6O3. The van der Waals surface area contributed by atoms with E-state index in [0.29, 0.717) is 30.5 Å². The fourth-order valence-corrected chi connectivity index (χ4v) is 2.60. The summed E-state index contributed by atoms with van der Waals surface area (Å²) in [6.45, 7) is 0.851. The molecule has 3 N–H and O–H groups in total. The van der Waals surface area contributed by atoms with Crippen molar-refractivity contribution in [1.82, 2.24) is 19.7 Å². The quantitative estimate of drug-likeness (QED) is 0.555. The summed E-state index contributed by atoms with van der Waals surface area (Å²) in [6.07, 6.45) is 1.72. The highest BCUT2D eigenvalue weighted by molar-refractivity contribution is 5.87. The van der Waals surface area contributed by atoms with Crippen molar-refractivity contribution in [3.63, 3.8) is 0 Å². The van der Waals surface area contributed by atoms with Crippen LogP contribution in [0.1, 0.15) is 5.56 Å². The minimum atomic E-state index is -0.00342. The van der Waals surface area contributed by atoms with E-state index in [1.807, 2.05) is 25.2 Å². The van der Waals surface area contributed by atoms with E-state index < -0.39 is 0 Å². The lowest BCUT2D eigenvalue weighted by Gasteiger charge is -2.13. The molecule has 0 radical (unpaired) electrons. The van der Waals surface area contributed by atoms with Crippen LogP contribution in [-0.4, -0.2) is 52.2 Å². The molecule has 26 heavy (non-hydrogen) atoms. The second-order valence-corrected chi connectivity index (χ2v) is 5.58. The normalized spacial score (nSPS) is 10.8. The van der Waals surface area contributed by atoms with Gasteiger partial charge in [0.15, 0.2) is 5.65 Å². The van der Waals surface area contributed by atoms with Gasteiger partial charge in [0.2, 0.25) is 5.95 Å². The van der Waals surface area contributed by atoms with Crippen LogP contribution in [0.4, 0.5) is 11.8 Å². The molecule has 3 rings (SSSR count). The number of rotatable bonds is 8. The Hall–Kier alpha value is -3.07. The monoisotopic (exact) mass is 358 g/mol. The van der Waals surface area contributed by atoms with E-state index in [1.165, 1.54) is 0 Å². The highest BCUT2D eigenvalue weighted by atomic mass is 16.5. The highest BCUT2D eigenvalue weighted by Crippen LogP contribution is 2.26. The molecule has 138 valence electrons. The molecule has 0 spiro atoms. The summed E-state index contributed by atoms with van der Waals surface area (Å²) in [4.78, 5) is 8.93. The van der Waals surface area contributed by atoms with Crippen LogP contribution in [0, 0.1) is 0 Å². The average molecular weight is 358 g/mol. The Balaban J connectivity index is 1.91. The van der Waals surface area contributed by atoms with Gasteiger partial charge in [-0.05, 0) is 18.2 Å². The Labute approximate surface area is 151 Å². The van der Waals surface area contributed by atoms with Gasteiger partial charge in [-0.2, -0.15) is 15.1 Å². The zero-order valence-corrected chi connectivity index (χ0v) is 15.0. The summed E-state index contributed by atoms with van der Waals surface area (Å²) in [5.74, 6) is 2.58. The summed E-state index contributed by atoms with van der Waals surface area (Å²) in [6, 6.07) is 5.63. The molecule has 0 saturated heterocycles. The van der Waals surface area contributed by atoms with Gasteiger partial charge in [-0.1, -0.05) is 0 Å². The Morgan fingerprint density at radius 2 is 2.00 bits per heavy atom. The molecule has 0 atom stereocenters. The summed E-state index contributed by atoms with van der Waals surface area (Å²) < 4.78 is 12.4. The maximum atomic E-state index is 9.01. The molecule has 0 unspecified atom stereocenters. The van der Waals surface area contributed by atoms with Crippen LogP contribution in [0.5, 0.6) is 11.5 Å². The van der Waals surface area contributed by atoms with Gasteiger partial charge in [0, 0.05) is 25.7 Å². The third-order valence-corrected chi connectivity index (χ3v) is 3.92. The molecule has 0 aliphatic heterocycles. The lowest BCUT2D eigenvalue weighted by molar-refractivity contribution is 0.311. The third-order valence-electron chi connectivity index (χ3n) is 3.92. The molecule has 2 heterocycles. The van der Waals surface area contributed by atoms with Crippen molar-refractivity contribution in [2.24, 2.45) is 7.05 Å². The first kappa shape index (κ1) is 17.7. The molecule has 0 saturated carbocycles. The van der Waals surface area contributed by atoms with Gasteiger partial charge in [0.05, 0.1) is 32.4 Å². The van der Waals surface area contributed by atoms with Crippen molar-refractivity contribution in [3.05, 3.63) is 30.0 Å². The van der Waals surface area contributed by atoms with Gasteiger partial charge >= 0.3 is 0 Å². The van der Waals surface area contributed by atoms with Crippen LogP contribution in [0.25, 0.3) is 11.0 Å². The largest absolute Gasteiger partial charge is 0.497 e. The van der Waals surface area contributed by atoms with Crippen molar-refractivity contribution in [2.45, 2.75) is 6.54 Å².